The first-order valence-electron chi connectivity index (χ1n) is 7.72. The van der Waals surface area contributed by atoms with Gasteiger partial charge < -0.3 is 14.5 Å². The van der Waals surface area contributed by atoms with Crippen molar-refractivity contribution in [1.82, 2.24) is 14.9 Å². The summed E-state index contributed by atoms with van der Waals surface area (Å²) in [5.74, 6) is 0.688. The van der Waals surface area contributed by atoms with Gasteiger partial charge in [0.15, 0.2) is 0 Å². The number of rotatable bonds is 2. The Labute approximate surface area is 125 Å². The fourth-order valence-electron chi connectivity index (χ4n) is 2.83. The second-order valence-electron chi connectivity index (χ2n) is 5.65. The van der Waals surface area contributed by atoms with Crippen LogP contribution >= 0.6 is 0 Å². The number of carbonyl (C=O) groups is 1. The van der Waals surface area contributed by atoms with Crippen LogP contribution in [0, 0.1) is 6.92 Å². The molecule has 0 aliphatic carbocycles. The fraction of sp³-hybridized carbons (Fsp3) is 0.667. The number of anilines is 1. The van der Waals surface area contributed by atoms with Crippen molar-refractivity contribution in [1.29, 1.82) is 0 Å². The normalized spacial score (nSPS) is 19.7. The molecule has 0 atom stereocenters. The first-order valence-corrected chi connectivity index (χ1v) is 7.72. The molecular formula is C15H22N4O2. The maximum Gasteiger partial charge on any atom is 0.272 e. The molecule has 0 radical (unpaired) electrons. The van der Waals surface area contributed by atoms with E-state index in [9.17, 15) is 4.79 Å². The highest BCUT2D eigenvalue weighted by Crippen LogP contribution is 2.17. The quantitative estimate of drug-likeness (QED) is 0.820. The predicted octanol–water partition coefficient (Wildman–Crippen LogP) is 1.25. The molecule has 2 aliphatic rings. The molecular weight excluding hydrogens is 268 g/mol. The molecule has 0 saturated carbocycles. The molecule has 6 nitrogen and oxygen atoms in total. The van der Waals surface area contributed by atoms with E-state index >= 15 is 0 Å². The summed E-state index contributed by atoms with van der Waals surface area (Å²) < 4.78 is 5.29. The van der Waals surface area contributed by atoms with Gasteiger partial charge >= 0.3 is 0 Å². The van der Waals surface area contributed by atoms with Crippen LogP contribution in [0.1, 0.15) is 35.4 Å². The van der Waals surface area contributed by atoms with Gasteiger partial charge in [-0.3, -0.25) is 4.79 Å². The largest absolute Gasteiger partial charge is 0.378 e. The topological polar surface area (TPSA) is 58.6 Å². The van der Waals surface area contributed by atoms with E-state index in [-0.39, 0.29) is 5.91 Å². The molecule has 6 heteroatoms. The van der Waals surface area contributed by atoms with Crippen molar-refractivity contribution in [3.05, 3.63) is 17.5 Å². The van der Waals surface area contributed by atoms with Crippen LogP contribution in [0.15, 0.2) is 6.07 Å². The summed E-state index contributed by atoms with van der Waals surface area (Å²) in [6.45, 7) is 6.37. The number of piperidine rings is 1. The van der Waals surface area contributed by atoms with Crippen molar-refractivity contribution >= 4 is 11.9 Å². The van der Waals surface area contributed by atoms with E-state index in [2.05, 4.69) is 14.9 Å². The Morgan fingerprint density at radius 1 is 1.10 bits per heavy atom. The van der Waals surface area contributed by atoms with Crippen molar-refractivity contribution in [2.24, 2.45) is 0 Å². The molecule has 2 aliphatic heterocycles. The van der Waals surface area contributed by atoms with Crippen LogP contribution < -0.4 is 4.90 Å². The van der Waals surface area contributed by atoms with Gasteiger partial charge in [0, 0.05) is 31.9 Å². The average Bonchev–Trinajstić information content (AvgIpc) is 2.55. The zero-order valence-corrected chi connectivity index (χ0v) is 12.5. The summed E-state index contributed by atoms with van der Waals surface area (Å²) in [4.78, 5) is 25.6. The lowest BCUT2D eigenvalue weighted by atomic mass is 10.1. The molecule has 3 rings (SSSR count). The number of morpholine rings is 1. The van der Waals surface area contributed by atoms with Gasteiger partial charge in [-0.1, -0.05) is 0 Å². The second kappa shape index (κ2) is 6.39. The zero-order chi connectivity index (χ0) is 14.7. The number of hydrogen-bond donors (Lipinski definition) is 0. The first-order chi connectivity index (χ1) is 10.2. The highest BCUT2D eigenvalue weighted by atomic mass is 16.5. The number of aryl methyl sites for hydroxylation is 1. The van der Waals surface area contributed by atoms with Crippen LogP contribution in [-0.4, -0.2) is 60.2 Å². The Balaban J connectivity index is 1.81. The third-order valence-corrected chi connectivity index (χ3v) is 4.00. The van der Waals surface area contributed by atoms with Crippen LogP contribution in [0.5, 0.6) is 0 Å². The van der Waals surface area contributed by atoms with E-state index in [0.717, 1.165) is 18.8 Å². The van der Waals surface area contributed by atoms with Gasteiger partial charge in [-0.25, -0.2) is 9.97 Å². The van der Waals surface area contributed by atoms with Crippen LogP contribution in [0.4, 0.5) is 5.95 Å². The number of ether oxygens (including phenoxy) is 1. The first kappa shape index (κ1) is 14.3. The lowest BCUT2D eigenvalue weighted by Gasteiger charge is -2.28. The molecule has 0 N–H and O–H groups in total. The Bertz CT molecular complexity index is 508. The molecule has 1 amide bonds. The molecule has 21 heavy (non-hydrogen) atoms. The zero-order valence-electron chi connectivity index (χ0n) is 12.5. The van der Waals surface area contributed by atoms with Crippen molar-refractivity contribution in [3.8, 4) is 0 Å². The predicted molar refractivity (Wildman–Crippen MR) is 79.6 cm³/mol. The monoisotopic (exact) mass is 290 g/mol. The minimum Gasteiger partial charge on any atom is -0.378 e. The number of aromatic nitrogens is 2. The summed E-state index contributed by atoms with van der Waals surface area (Å²) in [5, 5.41) is 0. The van der Waals surface area contributed by atoms with E-state index in [1.54, 1.807) is 6.07 Å². The molecule has 0 bridgehead atoms. The van der Waals surface area contributed by atoms with Gasteiger partial charge in [-0.15, -0.1) is 0 Å². The van der Waals surface area contributed by atoms with E-state index in [4.69, 9.17) is 4.74 Å². The Hall–Kier alpha value is -1.69. The molecule has 0 aromatic carbocycles. The van der Waals surface area contributed by atoms with E-state index < -0.39 is 0 Å². The van der Waals surface area contributed by atoms with Crippen LogP contribution in [0.25, 0.3) is 0 Å². The lowest BCUT2D eigenvalue weighted by molar-refractivity contribution is 0.0299. The summed E-state index contributed by atoms with van der Waals surface area (Å²) in [6, 6.07) is 1.78. The van der Waals surface area contributed by atoms with Gasteiger partial charge in [-0.2, -0.15) is 0 Å². The molecule has 0 unspecified atom stereocenters. The summed E-state index contributed by atoms with van der Waals surface area (Å²) >= 11 is 0. The number of amides is 1. The highest BCUT2D eigenvalue weighted by Gasteiger charge is 2.22. The van der Waals surface area contributed by atoms with Crippen LogP contribution in [0.2, 0.25) is 0 Å². The van der Waals surface area contributed by atoms with Crippen molar-refractivity contribution in [2.75, 3.05) is 44.3 Å². The SMILES string of the molecule is Cc1cc(C(=O)N2CCOCC2)nc(N2CCCCC2)n1. The number of nitrogens with zero attached hydrogens (tertiary/aromatic N) is 4. The highest BCUT2D eigenvalue weighted by molar-refractivity contribution is 5.92. The minimum atomic E-state index is -0.0120. The van der Waals surface area contributed by atoms with Gasteiger partial charge in [0.25, 0.3) is 5.91 Å². The Morgan fingerprint density at radius 3 is 2.52 bits per heavy atom. The van der Waals surface area contributed by atoms with Crippen LogP contribution in [0.3, 0.4) is 0 Å². The van der Waals surface area contributed by atoms with Crippen LogP contribution in [-0.2, 0) is 4.74 Å². The number of carbonyl (C=O) groups excluding carboxylic acids is 1. The Kier molecular flexibility index (Phi) is 4.34. The lowest BCUT2D eigenvalue weighted by Crippen LogP contribution is -2.41. The van der Waals surface area contributed by atoms with Crippen molar-refractivity contribution in [2.45, 2.75) is 26.2 Å². The minimum absolute atomic E-state index is 0.0120. The molecule has 2 saturated heterocycles. The van der Waals surface area contributed by atoms with E-state index in [0.29, 0.717) is 37.9 Å². The second-order valence-corrected chi connectivity index (χ2v) is 5.65. The average molecular weight is 290 g/mol. The molecule has 114 valence electrons. The Morgan fingerprint density at radius 2 is 1.81 bits per heavy atom. The maximum absolute atomic E-state index is 12.5. The van der Waals surface area contributed by atoms with E-state index in [1.165, 1.54) is 19.3 Å². The standard InChI is InChI=1S/C15H22N4O2/c1-12-11-13(14(20)18-7-9-21-10-8-18)17-15(16-12)19-5-3-2-4-6-19/h11H,2-10H2,1H3. The van der Waals surface area contributed by atoms with Gasteiger partial charge in [0.1, 0.15) is 5.69 Å². The smallest absolute Gasteiger partial charge is 0.272 e. The summed E-state index contributed by atoms with van der Waals surface area (Å²) in [7, 11) is 0. The number of hydrogen-bond acceptors (Lipinski definition) is 5. The maximum atomic E-state index is 12.5. The third kappa shape index (κ3) is 3.32. The molecule has 3 heterocycles. The molecule has 2 fully saturated rings. The molecule has 1 aromatic heterocycles. The van der Waals surface area contributed by atoms with E-state index in [1.807, 2.05) is 11.8 Å². The fourth-order valence-corrected chi connectivity index (χ4v) is 2.83. The summed E-state index contributed by atoms with van der Waals surface area (Å²) in [5.41, 5.74) is 1.35. The molecule has 0 spiro atoms. The summed E-state index contributed by atoms with van der Waals surface area (Å²) in [6.07, 6.45) is 3.61. The van der Waals surface area contributed by atoms with Crippen molar-refractivity contribution < 1.29 is 9.53 Å². The van der Waals surface area contributed by atoms with Crippen molar-refractivity contribution in [3.63, 3.8) is 0 Å². The van der Waals surface area contributed by atoms with Gasteiger partial charge in [-0.05, 0) is 32.3 Å². The van der Waals surface area contributed by atoms with Gasteiger partial charge in [0.05, 0.1) is 13.2 Å². The third-order valence-electron chi connectivity index (χ3n) is 4.00. The van der Waals surface area contributed by atoms with Gasteiger partial charge in [0.2, 0.25) is 5.95 Å². The molecule has 1 aromatic rings.